The minimum absolute atomic E-state index is 0.196. The standard InChI is InChI=1S/C14H31N3/c1-13(2)8-6-7-9-14(13,12-15)17(5)11-10-16(3)4/h6-12,15H2,1-5H3. The van der Waals surface area contributed by atoms with Crippen molar-refractivity contribution in [2.75, 3.05) is 40.8 Å². The van der Waals surface area contributed by atoms with Crippen LogP contribution in [-0.4, -0.2) is 56.1 Å². The Morgan fingerprint density at radius 1 is 1.00 bits per heavy atom. The lowest BCUT2D eigenvalue weighted by Crippen LogP contribution is -2.63. The lowest BCUT2D eigenvalue weighted by atomic mass is 9.62. The van der Waals surface area contributed by atoms with E-state index in [-0.39, 0.29) is 5.54 Å². The molecule has 3 heteroatoms. The maximum absolute atomic E-state index is 6.17. The lowest BCUT2D eigenvalue weighted by molar-refractivity contribution is -0.0307. The highest BCUT2D eigenvalue weighted by Gasteiger charge is 2.47. The Morgan fingerprint density at radius 2 is 1.59 bits per heavy atom. The van der Waals surface area contributed by atoms with Crippen molar-refractivity contribution in [3.05, 3.63) is 0 Å². The van der Waals surface area contributed by atoms with Gasteiger partial charge in [0.15, 0.2) is 0 Å². The summed E-state index contributed by atoms with van der Waals surface area (Å²) in [5.74, 6) is 0. The van der Waals surface area contributed by atoms with Crippen LogP contribution >= 0.6 is 0 Å². The Labute approximate surface area is 107 Å². The van der Waals surface area contributed by atoms with E-state index in [0.717, 1.165) is 19.6 Å². The Balaban J connectivity index is 2.78. The molecule has 0 aromatic heterocycles. The fraction of sp³-hybridized carbons (Fsp3) is 1.00. The fourth-order valence-corrected chi connectivity index (χ4v) is 3.36. The summed E-state index contributed by atoms with van der Waals surface area (Å²) in [5.41, 5.74) is 6.70. The zero-order valence-electron chi connectivity index (χ0n) is 12.4. The highest BCUT2D eigenvalue weighted by molar-refractivity contribution is 5.04. The summed E-state index contributed by atoms with van der Waals surface area (Å²) >= 11 is 0. The van der Waals surface area contributed by atoms with Gasteiger partial charge in [-0.15, -0.1) is 0 Å². The van der Waals surface area contributed by atoms with Gasteiger partial charge in [0.25, 0.3) is 0 Å². The molecule has 1 fully saturated rings. The van der Waals surface area contributed by atoms with Gasteiger partial charge in [-0.05, 0) is 39.4 Å². The van der Waals surface area contributed by atoms with Crippen molar-refractivity contribution >= 4 is 0 Å². The van der Waals surface area contributed by atoms with Crippen LogP contribution in [0.3, 0.4) is 0 Å². The van der Waals surface area contributed by atoms with Gasteiger partial charge in [-0.3, -0.25) is 4.90 Å². The second-order valence-corrected chi connectivity index (χ2v) is 6.55. The van der Waals surface area contributed by atoms with E-state index in [0.29, 0.717) is 5.41 Å². The number of hydrogen-bond acceptors (Lipinski definition) is 3. The van der Waals surface area contributed by atoms with Crippen LogP contribution in [0.4, 0.5) is 0 Å². The predicted octanol–water partition coefficient (Wildman–Crippen LogP) is 1.78. The van der Waals surface area contributed by atoms with E-state index in [2.05, 4.69) is 44.8 Å². The molecule has 0 radical (unpaired) electrons. The van der Waals surface area contributed by atoms with Crippen LogP contribution in [0.1, 0.15) is 39.5 Å². The highest BCUT2D eigenvalue weighted by Crippen LogP contribution is 2.46. The molecular formula is C14H31N3. The lowest BCUT2D eigenvalue weighted by Gasteiger charge is -2.55. The van der Waals surface area contributed by atoms with Crippen molar-refractivity contribution < 1.29 is 0 Å². The van der Waals surface area contributed by atoms with E-state index in [1.165, 1.54) is 25.7 Å². The Hall–Kier alpha value is -0.120. The summed E-state index contributed by atoms with van der Waals surface area (Å²) in [6.07, 6.45) is 5.24. The summed E-state index contributed by atoms with van der Waals surface area (Å²) in [6, 6.07) is 0. The van der Waals surface area contributed by atoms with Gasteiger partial charge < -0.3 is 10.6 Å². The minimum Gasteiger partial charge on any atom is -0.329 e. The summed E-state index contributed by atoms with van der Waals surface area (Å²) in [5, 5.41) is 0. The molecule has 0 heterocycles. The number of likely N-dealkylation sites (N-methyl/N-ethyl adjacent to an activating group) is 2. The second kappa shape index (κ2) is 5.68. The molecule has 0 saturated heterocycles. The van der Waals surface area contributed by atoms with Gasteiger partial charge in [-0.2, -0.15) is 0 Å². The van der Waals surface area contributed by atoms with Gasteiger partial charge in [0.05, 0.1) is 0 Å². The first-order valence-corrected chi connectivity index (χ1v) is 6.92. The van der Waals surface area contributed by atoms with Gasteiger partial charge in [0.2, 0.25) is 0 Å². The van der Waals surface area contributed by atoms with Crippen molar-refractivity contribution in [1.82, 2.24) is 9.80 Å². The number of rotatable bonds is 5. The van der Waals surface area contributed by atoms with E-state index in [9.17, 15) is 0 Å². The number of nitrogens with zero attached hydrogens (tertiary/aromatic N) is 2. The van der Waals surface area contributed by atoms with Crippen molar-refractivity contribution in [2.45, 2.75) is 45.1 Å². The van der Waals surface area contributed by atoms with Crippen LogP contribution in [-0.2, 0) is 0 Å². The molecule has 0 spiro atoms. The molecule has 1 saturated carbocycles. The second-order valence-electron chi connectivity index (χ2n) is 6.55. The van der Waals surface area contributed by atoms with Crippen LogP contribution in [0, 0.1) is 5.41 Å². The molecule has 0 bridgehead atoms. The zero-order valence-corrected chi connectivity index (χ0v) is 12.4. The molecule has 0 aromatic carbocycles. The van der Waals surface area contributed by atoms with Gasteiger partial charge in [-0.25, -0.2) is 0 Å². The minimum atomic E-state index is 0.196. The molecule has 0 aliphatic heterocycles. The quantitative estimate of drug-likeness (QED) is 0.796. The average Bonchev–Trinajstić information content (AvgIpc) is 2.25. The van der Waals surface area contributed by atoms with Crippen molar-refractivity contribution in [3.63, 3.8) is 0 Å². The molecule has 1 atom stereocenters. The molecular weight excluding hydrogens is 210 g/mol. The molecule has 17 heavy (non-hydrogen) atoms. The summed E-state index contributed by atoms with van der Waals surface area (Å²) in [4.78, 5) is 4.77. The Morgan fingerprint density at radius 3 is 2.06 bits per heavy atom. The van der Waals surface area contributed by atoms with Crippen LogP contribution in [0.2, 0.25) is 0 Å². The SMILES string of the molecule is CN(C)CCN(C)C1(CN)CCCCC1(C)C. The normalized spacial score (nSPS) is 28.9. The summed E-state index contributed by atoms with van der Waals surface area (Å²) in [6.45, 7) is 7.78. The first kappa shape index (κ1) is 14.9. The number of hydrogen-bond donors (Lipinski definition) is 1. The molecule has 3 nitrogen and oxygen atoms in total. The first-order chi connectivity index (χ1) is 7.85. The van der Waals surface area contributed by atoms with Crippen molar-refractivity contribution in [3.8, 4) is 0 Å². The van der Waals surface area contributed by atoms with Crippen LogP contribution in [0.15, 0.2) is 0 Å². The molecule has 102 valence electrons. The maximum atomic E-state index is 6.17. The van der Waals surface area contributed by atoms with Gasteiger partial charge in [-0.1, -0.05) is 26.7 Å². The van der Waals surface area contributed by atoms with Gasteiger partial charge in [0.1, 0.15) is 0 Å². The van der Waals surface area contributed by atoms with Crippen molar-refractivity contribution in [2.24, 2.45) is 11.1 Å². The third-order valence-corrected chi connectivity index (χ3v) is 4.85. The third-order valence-electron chi connectivity index (χ3n) is 4.85. The molecule has 0 aromatic rings. The van der Waals surface area contributed by atoms with Crippen molar-refractivity contribution in [1.29, 1.82) is 0 Å². The molecule has 1 unspecified atom stereocenters. The molecule has 2 N–H and O–H groups in total. The molecule has 1 aliphatic rings. The van der Waals surface area contributed by atoms with Gasteiger partial charge >= 0.3 is 0 Å². The van der Waals surface area contributed by atoms with E-state index < -0.39 is 0 Å². The Bertz CT molecular complexity index is 238. The predicted molar refractivity (Wildman–Crippen MR) is 75.2 cm³/mol. The third kappa shape index (κ3) is 3.01. The zero-order chi connectivity index (χ0) is 13.1. The average molecular weight is 241 g/mol. The fourth-order valence-electron chi connectivity index (χ4n) is 3.36. The summed E-state index contributed by atoms with van der Waals surface area (Å²) < 4.78 is 0. The Kier molecular flexibility index (Phi) is 4.99. The molecule has 0 amide bonds. The van der Waals surface area contributed by atoms with E-state index in [4.69, 9.17) is 5.73 Å². The van der Waals surface area contributed by atoms with E-state index >= 15 is 0 Å². The smallest absolute Gasteiger partial charge is 0.0380 e. The maximum Gasteiger partial charge on any atom is 0.0380 e. The summed E-state index contributed by atoms with van der Waals surface area (Å²) in [7, 11) is 6.52. The molecule has 1 aliphatic carbocycles. The first-order valence-electron chi connectivity index (χ1n) is 6.92. The topological polar surface area (TPSA) is 32.5 Å². The van der Waals surface area contributed by atoms with Gasteiger partial charge in [0, 0.05) is 25.2 Å². The van der Waals surface area contributed by atoms with Crippen LogP contribution < -0.4 is 5.73 Å². The van der Waals surface area contributed by atoms with Crippen LogP contribution in [0.5, 0.6) is 0 Å². The monoisotopic (exact) mass is 241 g/mol. The van der Waals surface area contributed by atoms with Crippen LogP contribution in [0.25, 0.3) is 0 Å². The highest BCUT2D eigenvalue weighted by atomic mass is 15.2. The number of nitrogens with two attached hydrogens (primary N) is 1. The van der Waals surface area contributed by atoms with E-state index in [1.54, 1.807) is 0 Å². The van der Waals surface area contributed by atoms with E-state index in [1.807, 2.05) is 0 Å². The molecule has 1 rings (SSSR count). The largest absolute Gasteiger partial charge is 0.329 e.